The fourth-order valence-electron chi connectivity index (χ4n) is 8.10. The number of pyridine rings is 1. The Hall–Kier alpha value is -2.58. The smallest absolute Gasteiger partial charge is 0.165 e. The number of anilines is 1. The molecule has 3 bridgehead atoms. The van der Waals surface area contributed by atoms with Crippen LogP contribution in [0.4, 0.5) is 10.2 Å². The molecule has 4 aromatic heterocycles. The molecule has 4 aromatic rings. The first-order valence-electron chi connectivity index (χ1n) is 11.3. The van der Waals surface area contributed by atoms with Crippen LogP contribution in [0.1, 0.15) is 38.5 Å². The van der Waals surface area contributed by atoms with Crippen LogP contribution in [0.5, 0.6) is 0 Å². The van der Waals surface area contributed by atoms with Gasteiger partial charge in [0, 0.05) is 22.7 Å². The number of thiophene rings is 1. The van der Waals surface area contributed by atoms with Crippen molar-refractivity contribution in [2.24, 2.45) is 17.3 Å². The van der Waals surface area contributed by atoms with E-state index < -0.39 is 5.60 Å². The van der Waals surface area contributed by atoms with Crippen LogP contribution < -0.4 is 5.32 Å². The molecule has 1 spiro atoms. The highest BCUT2D eigenvalue weighted by atomic mass is 32.1. The maximum atomic E-state index is 13.9. The third-order valence-corrected chi connectivity index (χ3v) is 9.79. The lowest BCUT2D eigenvalue weighted by molar-refractivity contribution is -0.0314. The zero-order chi connectivity index (χ0) is 21.3. The van der Waals surface area contributed by atoms with Gasteiger partial charge in [-0.3, -0.25) is 0 Å². The second kappa shape index (κ2) is 5.48. The van der Waals surface area contributed by atoms with Gasteiger partial charge < -0.3 is 15.4 Å². The van der Waals surface area contributed by atoms with E-state index in [0.29, 0.717) is 28.7 Å². The highest BCUT2D eigenvalue weighted by molar-refractivity contribution is 7.16. The molecule has 4 saturated carbocycles. The first-order valence-corrected chi connectivity index (χ1v) is 12.2. The van der Waals surface area contributed by atoms with Gasteiger partial charge in [0.25, 0.3) is 0 Å². The van der Waals surface area contributed by atoms with Crippen molar-refractivity contribution < 1.29 is 9.50 Å². The van der Waals surface area contributed by atoms with Crippen molar-refractivity contribution >= 4 is 38.4 Å². The van der Waals surface area contributed by atoms with Gasteiger partial charge in [-0.25, -0.2) is 19.3 Å². The SMILES string of the molecule is OC12CC3CC4(Nc5nc(-c6c[nH]c7ncc(F)cc67)nc6sccc56)CC(C1)C4(C3)C2. The lowest BCUT2D eigenvalue weighted by Gasteiger charge is -2.59. The Bertz CT molecular complexity index is 1440. The zero-order valence-corrected chi connectivity index (χ0v) is 18.2. The minimum atomic E-state index is -0.455. The molecule has 8 rings (SSSR count). The molecule has 6 nitrogen and oxygen atoms in total. The first-order chi connectivity index (χ1) is 15.5. The van der Waals surface area contributed by atoms with Crippen molar-refractivity contribution in [3.8, 4) is 11.4 Å². The van der Waals surface area contributed by atoms with E-state index in [0.717, 1.165) is 53.7 Å². The minimum absolute atomic E-state index is 0.0116. The van der Waals surface area contributed by atoms with E-state index in [1.807, 2.05) is 11.6 Å². The van der Waals surface area contributed by atoms with E-state index in [1.54, 1.807) is 11.3 Å². The van der Waals surface area contributed by atoms with Crippen LogP contribution in [0.2, 0.25) is 0 Å². The fourth-order valence-corrected chi connectivity index (χ4v) is 8.87. The van der Waals surface area contributed by atoms with E-state index in [1.165, 1.54) is 18.7 Å². The molecule has 0 amide bonds. The van der Waals surface area contributed by atoms with Crippen molar-refractivity contribution in [3.63, 3.8) is 0 Å². The largest absolute Gasteiger partial charge is 0.390 e. The van der Waals surface area contributed by atoms with Gasteiger partial charge in [0.15, 0.2) is 5.82 Å². The molecule has 162 valence electrons. The molecule has 0 aromatic carbocycles. The molecule has 4 aliphatic carbocycles. The van der Waals surface area contributed by atoms with E-state index in [-0.39, 0.29) is 16.8 Å². The summed E-state index contributed by atoms with van der Waals surface area (Å²) in [7, 11) is 0. The normalized spacial score (nSPS) is 36.7. The molecule has 0 radical (unpaired) electrons. The van der Waals surface area contributed by atoms with Crippen LogP contribution >= 0.6 is 11.3 Å². The Morgan fingerprint density at radius 1 is 1.16 bits per heavy atom. The van der Waals surface area contributed by atoms with E-state index in [4.69, 9.17) is 9.97 Å². The number of nitrogens with one attached hydrogen (secondary N) is 2. The number of aromatic nitrogens is 4. The molecule has 4 heterocycles. The molecular formula is C24H22FN5OS. The number of fused-ring (bicyclic) bond motifs is 4. The summed E-state index contributed by atoms with van der Waals surface area (Å²) in [6, 6.07) is 3.57. The number of aliphatic hydroxyl groups is 1. The van der Waals surface area contributed by atoms with Crippen LogP contribution in [-0.4, -0.2) is 36.2 Å². The molecule has 4 fully saturated rings. The molecule has 0 aliphatic heterocycles. The van der Waals surface area contributed by atoms with Crippen LogP contribution in [0.3, 0.4) is 0 Å². The minimum Gasteiger partial charge on any atom is -0.390 e. The third kappa shape index (κ3) is 2.06. The Labute approximate surface area is 187 Å². The number of halogens is 1. The Morgan fingerprint density at radius 2 is 2.09 bits per heavy atom. The number of nitrogens with zero attached hydrogens (tertiary/aromatic N) is 3. The number of hydrogen-bond donors (Lipinski definition) is 3. The molecule has 4 aliphatic rings. The van der Waals surface area contributed by atoms with E-state index in [2.05, 4.69) is 21.4 Å². The maximum absolute atomic E-state index is 13.9. The predicted octanol–water partition coefficient (Wildman–Crippen LogP) is 4.87. The van der Waals surface area contributed by atoms with Gasteiger partial charge >= 0.3 is 0 Å². The van der Waals surface area contributed by atoms with Gasteiger partial charge in [0.05, 0.1) is 17.2 Å². The topological polar surface area (TPSA) is 86.7 Å². The standard InChI is InChI=1S/C24H22FN5OS/c25-14-3-16-17(10-27-18(16)26-9-14)19-28-20(15-1-2-32-21(15)29-19)30-24-6-12-4-22(31)7-13(8-24)23(24,5-12)11-22/h1-3,9-10,12-13,31H,4-8,11H2,(H,26,27)(H,28,29,30). The van der Waals surface area contributed by atoms with E-state index >= 15 is 0 Å². The highest BCUT2D eigenvalue weighted by Gasteiger charge is 2.77. The van der Waals surface area contributed by atoms with Crippen LogP contribution in [0, 0.1) is 23.1 Å². The lowest BCUT2D eigenvalue weighted by atomic mass is 9.51. The Kier molecular flexibility index (Phi) is 3.07. The van der Waals surface area contributed by atoms with Crippen molar-refractivity contribution in [3.05, 3.63) is 35.7 Å². The Morgan fingerprint density at radius 3 is 3.03 bits per heavy atom. The van der Waals surface area contributed by atoms with Gasteiger partial charge in [0.2, 0.25) is 0 Å². The van der Waals surface area contributed by atoms with Crippen molar-refractivity contribution in [1.29, 1.82) is 0 Å². The molecule has 3 N–H and O–H groups in total. The van der Waals surface area contributed by atoms with Crippen LogP contribution in [-0.2, 0) is 0 Å². The molecule has 32 heavy (non-hydrogen) atoms. The van der Waals surface area contributed by atoms with Gasteiger partial charge in [-0.05, 0) is 73.3 Å². The average molecular weight is 448 g/mol. The predicted molar refractivity (Wildman–Crippen MR) is 121 cm³/mol. The Balaban J connectivity index is 1.27. The monoisotopic (exact) mass is 447 g/mol. The summed E-state index contributed by atoms with van der Waals surface area (Å²) in [5.41, 5.74) is 1.14. The third-order valence-electron chi connectivity index (χ3n) is 8.98. The van der Waals surface area contributed by atoms with Crippen molar-refractivity contribution in [1.82, 2.24) is 19.9 Å². The average Bonchev–Trinajstić information content (AvgIpc) is 3.45. The molecule has 5 atom stereocenters. The molecule has 8 heteroatoms. The summed E-state index contributed by atoms with van der Waals surface area (Å²) in [5, 5.41) is 18.8. The van der Waals surface area contributed by atoms with Crippen molar-refractivity contribution in [2.45, 2.75) is 49.7 Å². The molecule has 0 saturated heterocycles. The van der Waals surface area contributed by atoms with Crippen molar-refractivity contribution in [2.75, 3.05) is 5.32 Å². The second-order valence-electron chi connectivity index (χ2n) is 10.6. The van der Waals surface area contributed by atoms with Gasteiger partial charge in [-0.15, -0.1) is 11.3 Å². The van der Waals surface area contributed by atoms with Gasteiger partial charge in [0.1, 0.15) is 22.1 Å². The van der Waals surface area contributed by atoms with Crippen LogP contribution in [0.15, 0.2) is 29.9 Å². The summed E-state index contributed by atoms with van der Waals surface area (Å²) in [4.78, 5) is 18.0. The van der Waals surface area contributed by atoms with Crippen LogP contribution in [0.25, 0.3) is 32.6 Å². The zero-order valence-electron chi connectivity index (χ0n) is 17.4. The second-order valence-corrected chi connectivity index (χ2v) is 11.5. The van der Waals surface area contributed by atoms with E-state index in [9.17, 15) is 9.50 Å². The molecule has 5 unspecified atom stereocenters. The first kappa shape index (κ1) is 17.9. The van der Waals surface area contributed by atoms with Gasteiger partial charge in [-0.1, -0.05) is 0 Å². The number of H-pyrrole nitrogens is 1. The summed E-state index contributed by atoms with van der Waals surface area (Å²) in [5.74, 6) is 2.28. The number of rotatable bonds is 3. The summed E-state index contributed by atoms with van der Waals surface area (Å²) < 4.78 is 13.9. The number of aromatic amines is 1. The summed E-state index contributed by atoms with van der Waals surface area (Å²) >= 11 is 1.59. The highest BCUT2D eigenvalue weighted by Crippen LogP contribution is 2.78. The maximum Gasteiger partial charge on any atom is 0.165 e. The fraction of sp³-hybridized carbons (Fsp3) is 0.458. The van der Waals surface area contributed by atoms with Gasteiger partial charge in [-0.2, -0.15) is 0 Å². The summed E-state index contributed by atoms with van der Waals surface area (Å²) in [6.07, 6.45) is 9.31. The number of hydrogen-bond acceptors (Lipinski definition) is 6. The summed E-state index contributed by atoms with van der Waals surface area (Å²) in [6.45, 7) is 0. The lowest BCUT2D eigenvalue weighted by Crippen LogP contribution is -2.62. The quantitative estimate of drug-likeness (QED) is 0.417. The molecular weight excluding hydrogens is 425 g/mol.